The van der Waals surface area contributed by atoms with Gasteiger partial charge in [-0.15, -0.1) is 0 Å². The average Bonchev–Trinajstić information content (AvgIpc) is 2.88. The van der Waals surface area contributed by atoms with Crippen molar-refractivity contribution in [1.29, 1.82) is 0 Å². The van der Waals surface area contributed by atoms with E-state index in [2.05, 4.69) is 20.4 Å². The molecule has 5 nitrogen and oxygen atoms in total. The molecule has 1 atom stereocenters. The van der Waals surface area contributed by atoms with Crippen molar-refractivity contribution in [3.8, 4) is 0 Å². The molecule has 35 heavy (non-hydrogen) atoms. The van der Waals surface area contributed by atoms with E-state index in [9.17, 15) is 9.18 Å². The van der Waals surface area contributed by atoms with E-state index in [1.807, 2.05) is 18.2 Å². The average molecular weight is 522 g/mol. The molecular formula is C27H35Cl2FN4O. The zero-order chi connectivity index (χ0) is 24.6. The van der Waals surface area contributed by atoms with Gasteiger partial charge in [0, 0.05) is 24.2 Å². The lowest BCUT2D eigenvalue weighted by Gasteiger charge is -2.40. The first kappa shape index (κ1) is 26.2. The number of hydrogen-bond donors (Lipinski definition) is 2. The number of nitrogens with zero attached hydrogens (tertiary/aromatic N) is 2. The smallest absolute Gasteiger partial charge is 0.319 e. The largest absolute Gasteiger partial charge is 0.337 e. The number of anilines is 1. The standard InChI is InChI=1S/C27H35Cl2FN4O/c28-25-9-4-20(18-26(25)29)21(19-31-27(35)32-23-7-5-22(30)6-8-23)10-15-33-16-11-24(12-17-33)34-13-2-1-3-14-34/h4-9,18,21,24H,1-3,10-17,19H2,(H2,31,32,35). The lowest BCUT2D eigenvalue weighted by atomic mass is 9.94. The number of halogens is 3. The van der Waals surface area contributed by atoms with Crippen LogP contribution in [0.15, 0.2) is 42.5 Å². The number of amides is 2. The Morgan fingerprint density at radius 3 is 2.37 bits per heavy atom. The summed E-state index contributed by atoms with van der Waals surface area (Å²) >= 11 is 12.4. The first-order valence-corrected chi connectivity index (χ1v) is 13.5. The van der Waals surface area contributed by atoms with Gasteiger partial charge in [-0.1, -0.05) is 35.7 Å². The van der Waals surface area contributed by atoms with Crippen LogP contribution in [0.5, 0.6) is 0 Å². The SMILES string of the molecule is O=C(NCC(CCN1CCC(N2CCCCC2)CC1)c1ccc(Cl)c(Cl)c1)Nc1ccc(F)cc1. The Bertz CT molecular complexity index is 960. The van der Waals surface area contributed by atoms with Crippen LogP contribution in [0.2, 0.25) is 10.0 Å². The molecule has 2 aliphatic rings. The molecule has 0 aliphatic carbocycles. The van der Waals surface area contributed by atoms with E-state index in [0.29, 0.717) is 22.3 Å². The highest BCUT2D eigenvalue weighted by Gasteiger charge is 2.26. The zero-order valence-electron chi connectivity index (χ0n) is 20.1. The van der Waals surface area contributed by atoms with Crippen molar-refractivity contribution in [2.75, 3.05) is 44.6 Å². The Labute approximate surface area is 218 Å². The molecule has 0 aromatic heterocycles. The summed E-state index contributed by atoms with van der Waals surface area (Å²) < 4.78 is 13.1. The predicted molar refractivity (Wildman–Crippen MR) is 142 cm³/mol. The second kappa shape index (κ2) is 12.9. The van der Waals surface area contributed by atoms with Crippen LogP contribution < -0.4 is 10.6 Å². The first-order chi connectivity index (χ1) is 17.0. The maximum Gasteiger partial charge on any atom is 0.319 e. The van der Waals surface area contributed by atoms with Crippen LogP contribution in [0.3, 0.4) is 0 Å². The van der Waals surface area contributed by atoms with Gasteiger partial charge < -0.3 is 20.4 Å². The maximum atomic E-state index is 13.1. The predicted octanol–water partition coefficient (Wildman–Crippen LogP) is 6.38. The van der Waals surface area contributed by atoms with Crippen LogP contribution in [-0.4, -0.2) is 61.1 Å². The summed E-state index contributed by atoms with van der Waals surface area (Å²) in [6, 6.07) is 11.8. The van der Waals surface area contributed by atoms with Crippen LogP contribution in [-0.2, 0) is 0 Å². The first-order valence-electron chi connectivity index (χ1n) is 12.7. The molecule has 0 radical (unpaired) electrons. The van der Waals surface area contributed by atoms with E-state index in [-0.39, 0.29) is 17.8 Å². The van der Waals surface area contributed by atoms with Crippen LogP contribution in [0.25, 0.3) is 0 Å². The van der Waals surface area contributed by atoms with E-state index in [4.69, 9.17) is 23.2 Å². The number of carbonyl (C=O) groups excluding carboxylic acids is 1. The fourth-order valence-electron chi connectivity index (χ4n) is 5.21. The highest BCUT2D eigenvalue weighted by Crippen LogP contribution is 2.29. The van der Waals surface area contributed by atoms with Crippen molar-refractivity contribution in [2.24, 2.45) is 0 Å². The number of urea groups is 1. The molecular weight excluding hydrogens is 486 g/mol. The zero-order valence-corrected chi connectivity index (χ0v) is 21.6. The molecule has 2 aromatic carbocycles. The third-order valence-electron chi connectivity index (χ3n) is 7.28. The minimum atomic E-state index is -0.337. The topological polar surface area (TPSA) is 47.6 Å². The van der Waals surface area contributed by atoms with Gasteiger partial charge in [0.25, 0.3) is 0 Å². The molecule has 8 heteroatoms. The van der Waals surface area contributed by atoms with Crippen molar-refractivity contribution >= 4 is 34.9 Å². The van der Waals surface area contributed by atoms with E-state index in [1.165, 1.54) is 57.3 Å². The second-order valence-electron chi connectivity index (χ2n) is 9.67. The Morgan fingerprint density at radius 1 is 0.971 bits per heavy atom. The highest BCUT2D eigenvalue weighted by molar-refractivity contribution is 6.42. The number of rotatable bonds is 8. The molecule has 0 spiro atoms. The summed E-state index contributed by atoms with van der Waals surface area (Å²) in [5.74, 6) is -0.237. The number of piperidine rings is 2. The Kier molecular flexibility index (Phi) is 9.67. The minimum Gasteiger partial charge on any atom is -0.337 e. The molecule has 2 amide bonds. The number of hydrogen-bond acceptors (Lipinski definition) is 3. The summed E-state index contributed by atoms with van der Waals surface area (Å²) in [6.45, 7) is 6.20. The van der Waals surface area contributed by atoms with Crippen molar-refractivity contribution in [1.82, 2.24) is 15.1 Å². The summed E-state index contributed by atoms with van der Waals surface area (Å²) in [5, 5.41) is 6.77. The fraction of sp³-hybridized carbons (Fsp3) is 0.519. The molecule has 2 aliphatic heterocycles. The van der Waals surface area contributed by atoms with Crippen molar-refractivity contribution in [3.63, 3.8) is 0 Å². The molecule has 4 rings (SSSR count). The molecule has 1 unspecified atom stereocenters. The molecule has 0 bridgehead atoms. The lowest BCUT2D eigenvalue weighted by molar-refractivity contribution is 0.0912. The van der Waals surface area contributed by atoms with E-state index in [0.717, 1.165) is 37.7 Å². The molecule has 2 fully saturated rings. The van der Waals surface area contributed by atoms with Gasteiger partial charge in [-0.05, 0) is 107 Å². The molecule has 2 N–H and O–H groups in total. The third-order valence-corrected chi connectivity index (χ3v) is 8.02. The molecule has 0 saturated carbocycles. The summed E-state index contributed by atoms with van der Waals surface area (Å²) in [7, 11) is 0. The van der Waals surface area contributed by atoms with E-state index < -0.39 is 0 Å². The van der Waals surface area contributed by atoms with Gasteiger partial charge in [0.05, 0.1) is 10.0 Å². The van der Waals surface area contributed by atoms with Crippen molar-refractivity contribution in [2.45, 2.75) is 50.5 Å². The van der Waals surface area contributed by atoms with Gasteiger partial charge in [-0.3, -0.25) is 0 Å². The van der Waals surface area contributed by atoms with Crippen molar-refractivity contribution < 1.29 is 9.18 Å². The summed E-state index contributed by atoms with van der Waals surface area (Å²) in [6.07, 6.45) is 7.43. The van der Waals surface area contributed by atoms with Gasteiger partial charge in [-0.2, -0.15) is 0 Å². The van der Waals surface area contributed by atoms with Crippen LogP contribution >= 0.6 is 23.2 Å². The number of carbonyl (C=O) groups is 1. The number of benzene rings is 2. The monoisotopic (exact) mass is 520 g/mol. The Balaban J connectivity index is 1.31. The quantitative estimate of drug-likeness (QED) is 0.424. The molecule has 190 valence electrons. The molecule has 2 heterocycles. The van der Waals surface area contributed by atoms with Gasteiger partial charge in [0.1, 0.15) is 5.82 Å². The van der Waals surface area contributed by atoms with Crippen LogP contribution in [0.1, 0.15) is 50.0 Å². The normalized spacial score (nSPS) is 18.8. The molecule has 2 saturated heterocycles. The Hall–Kier alpha value is -1.86. The van der Waals surface area contributed by atoms with Crippen molar-refractivity contribution in [3.05, 3.63) is 63.9 Å². The van der Waals surface area contributed by atoms with E-state index in [1.54, 1.807) is 12.1 Å². The summed E-state index contributed by atoms with van der Waals surface area (Å²) in [5.41, 5.74) is 1.61. The summed E-state index contributed by atoms with van der Waals surface area (Å²) in [4.78, 5) is 17.7. The second-order valence-corrected chi connectivity index (χ2v) is 10.5. The van der Waals surface area contributed by atoms with Gasteiger partial charge >= 0.3 is 6.03 Å². The van der Waals surface area contributed by atoms with Gasteiger partial charge in [0.15, 0.2) is 0 Å². The van der Waals surface area contributed by atoms with Gasteiger partial charge in [0.2, 0.25) is 0 Å². The minimum absolute atomic E-state index is 0.101. The van der Waals surface area contributed by atoms with Gasteiger partial charge in [-0.25, -0.2) is 9.18 Å². The fourth-order valence-corrected chi connectivity index (χ4v) is 5.51. The lowest BCUT2D eigenvalue weighted by Crippen LogP contribution is -2.47. The van der Waals surface area contributed by atoms with Crippen LogP contribution in [0, 0.1) is 5.82 Å². The van der Waals surface area contributed by atoms with Crippen LogP contribution in [0.4, 0.5) is 14.9 Å². The molecule has 2 aromatic rings. The Morgan fingerprint density at radius 2 is 1.69 bits per heavy atom. The number of likely N-dealkylation sites (tertiary alicyclic amines) is 2. The highest BCUT2D eigenvalue weighted by atomic mass is 35.5. The number of nitrogens with one attached hydrogen (secondary N) is 2. The third kappa shape index (κ3) is 7.81. The maximum absolute atomic E-state index is 13.1. The van der Waals surface area contributed by atoms with E-state index >= 15 is 0 Å².